The molecule has 0 fully saturated rings. The van der Waals surface area contributed by atoms with Gasteiger partial charge < -0.3 is 4.90 Å². The molecule has 2 aromatic carbocycles. The summed E-state index contributed by atoms with van der Waals surface area (Å²) in [5.41, 5.74) is 3.33. The molecule has 0 N–H and O–H groups in total. The van der Waals surface area contributed by atoms with Gasteiger partial charge in [-0.2, -0.15) is 0 Å². The number of carbonyl (C=O) groups is 1. The maximum Gasteiger partial charge on any atom is 0.246 e. The molecule has 0 atom stereocenters. The summed E-state index contributed by atoms with van der Waals surface area (Å²) in [6.07, 6.45) is 7.76. The molecule has 3 rings (SSSR count). The van der Waals surface area contributed by atoms with Crippen LogP contribution in [0, 0.1) is 0 Å². The lowest BCUT2D eigenvalue weighted by Gasteiger charge is -2.21. The first-order valence-corrected chi connectivity index (χ1v) is 8.76. The Bertz CT molecular complexity index is 830. The topological polar surface area (TPSA) is 33.2 Å². The molecule has 0 saturated heterocycles. The van der Waals surface area contributed by atoms with E-state index in [4.69, 9.17) is 0 Å². The molecule has 0 saturated carbocycles. The van der Waals surface area contributed by atoms with E-state index in [1.54, 1.807) is 18.5 Å². The molecule has 3 nitrogen and oxygen atoms in total. The van der Waals surface area contributed by atoms with Crippen molar-refractivity contribution in [3.8, 4) is 0 Å². The Hall–Kier alpha value is -3.20. The molecule has 0 aliphatic carbocycles. The summed E-state index contributed by atoms with van der Waals surface area (Å²) < 4.78 is 0. The van der Waals surface area contributed by atoms with Crippen molar-refractivity contribution in [3.63, 3.8) is 0 Å². The van der Waals surface area contributed by atoms with Gasteiger partial charge in [-0.1, -0.05) is 60.7 Å². The highest BCUT2D eigenvalue weighted by atomic mass is 16.2. The zero-order valence-corrected chi connectivity index (χ0v) is 14.7. The second-order valence-corrected chi connectivity index (χ2v) is 6.09. The number of rotatable bonds is 7. The molecule has 0 aliphatic heterocycles. The molecule has 130 valence electrons. The highest BCUT2D eigenvalue weighted by Gasteiger charge is 2.11. The lowest BCUT2D eigenvalue weighted by molar-refractivity contribution is -0.126. The van der Waals surface area contributed by atoms with Crippen LogP contribution in [0.3, 0.4) is 0 Å². The average Bonchev–Trinajstić information content (AvgIpc) is 2.71. The van der Waals surface area contributed by atoms with Crippen LogP contribution in [0.4, 0.5) is 0 Å². The Morgan fingerprint density at radius 3 is 2.12 bits per heavy atom. The molecule has 0 bridgehead atoms. The van der Waals surface area contributed by atoms with Crippen molar-refractivity contribution in [2.75, 3.05) is 6.54 Å². The van der Waals surface area contributed by atoms with Crippen LogP contribution in [0.5, 0.6) is 0 Å². The summed E-state index contributed by atoms with van der Waals surface area (Å²) in [7, 11) is 0. The van der Waals surface area contributed by atoms with E-state index in [-0.39, 0.29) is 5.91 Å². The Morgan fingerprint density at radius 2 is 1.46 bits per heavy atom. The molecule has 1 amide bonds. The summed E-state index contributed by atoms with van der Waals surface area (Å²) in [5, 5.41) is 0. The largest absolute Gasteiger partial charge is 0.335 e. The van der Waals surface area contributed by atoms with Crippen molar-refractivity contribution in [2.24, 2.45) is 0 Å². The molecule has 0 unspecified atom stereocenters. The van der Waals surface area contributed by atoms with Gasteiger partial charge in [-0.15, -0.1) is 0 Å². The Balaban J connectivity index is 1.70. The van der Waals surface area contributed by atoms with Crippen molar-refractivity contribution in [1.82, 2.24) is 9.88 Å². The number of hydrogen-bond donors (Lipinski definition) is 0. The third kappa shape index (κ3) is 5.42. The van der Waals surface area contributed by atoms with Crippen LogP contribution < -0.4 is 0 Å². The lowest BCUT2D eigenvalue weighted by Crippen LogP contribution is -2.31. The van der Waals surface area contributed by atoms with Crippen molar-refractivity contribution < 1.29 is 4.79 Å². The fourth-order valence-electron chi connectivity index (χ4n) is 2.73. The van der Waals surface area contributed by atoms with Gasteiger partial charge in [-0.05, 0) is 41.3 Å². The molecule has 0 aliphatic rings. The van der Waals surface area contributed by atoms with Gasteiger partial charge in [0.25, 0.3) is 0 Å². The van der Waals surface area contributed by atoms with Crippen LogP contribution in [0.15, 0.2) is 91.3 Å². The maximum atomic E-state index is 12.8. The average molecular weight is 342 g/mol. The molecule has 26 heavy (non-hydrogen) atoms. The van der Waals surface area contributed by atoms with Crippen molar-refractivity contribution in [1.29, 1.82) is 0 Å². The summed E-state index contributed by atoms with van der Waals surface area (Å²) in [6, 6.07) is 24.1. The molecular weight excluding hydrogens is 320 g/mol. The minimum atomic E-state index is 0.0154. The van der Waals surface area contributed by atoms with E-state index < -0.39 is 0 Å². The van der Waals surface area contributed by atoms with Gasteiger partial charge in [0.2, 0.25) is 5.91 Å². The number of aromatic nitrogens is 1. The minimum Gasteiger partial charge on any atom is -0.335 e. The van der Waals surface area contributed by atoms with E-state index in [0.29, 0.717) is 13.1 Å². The zero-order chi connectivity index (χ0) is 18.0. The Morgan fingerprint density at radius 1 is 0.846 bits per heavy atom. The van der Waals surface area contributed by atoms with Gasteiger partial charge in [-0.3, -0.25) is 9.78 Å². The van der Waals surface area contributed by atoms with E-state index in [2.05, 4.69) is 29.2 Å². The molecule has 1 heterocycles. The number of nitrogens with zero attached hydrogens (tertiary/aromatic N) is 2. The third-order valence-electron chi connectivity index (χ3n) is 4.17. The van der Waals surface area contributed by atoms with Gasteiger partial charge in [0.05, 0.1) is 0 Å². The second kappa shape index (κ2) is 9.33. The van der Waals surface area contributed by atoms with Crippen LogP contribution in [-0.2, 0) is 17.8 Å². The highest BCUT2D eigenvalue weighted by molar-refractivity contribution is 5.91. The van der Waals surface area contributed by atoms with Crippen LogP contribution >= 0.6 is 0 Å². The fraction of sp³-hybridized carbons (Fsp3) is 0.130. The standard InChI is InChI=1S/C23H22N2O/c26-23(12-11-21-13-16-24-17-14-21)25(19-22-9-5-2-6-10-22)18-15-20-7-3-1-4-8-20/h1-14,16-17H,15,18-19H2/b12-11+. The van der Waals surface area contributed by atoms with Crippen LogP contribution in [-0.4, -0.2) is 22.3 Å². The Labute approximate surface area is 154 Å². The van der Waals surface area contributed by atoms with Crippen molar-refractivity contribution in [3.05, 3.63) is 108 Å². The number of amides is 1. The fourth-order valence-corrected chi connectivity index (χ4v) is 2.73. The zero-order valence-electron chi connectivity index (χ0n) is 14.7. The SMILES string of the molecule is O=C(/C=C/c1ccncc1)N(CCc1ccccc1)Cc1ccccc1. The Kier molecular flexibility index (Phi) is 6.32. The van der Waals surface area contributed by atoms with Gasteiger partial charge in [0.15, 0.2) is 0 Å². The summed E-state index contributed by atoms with van der Waals surface area (Å²) >= 11 is 0. The van der Waals surface area contributed by atoms with Gasteiger partial charge in [0, 0.05) is 31.6 Å². The molecule has 3 heteroatoms. The van der Waals surface area contributed by atoms with E-state index in [1.807, 2.05) is 59.5 Å². The lowest BCUT2D eigenvalue weighted by atomic mass is 10.1. The van der Waals surface area contributed by atoms with Crippen molar-refractivity contribution in [2.45, 2.75) is 13.0 Å². The monoisotopic (exact) mass is 342 g/mol. The van der Waals surface area contributed by atoms with Crippen LogP contribution in [0.25, 0.3) is 6.08 Å². The number of hydrogen-bond acceptors (Lipinski definition) is 2. The normalized spacial score (nSPS) is 10.8. The number of benzene rings is 2. The van der Waals surface area contributed by atoms with E-state index in [0.717, 1.165) is 17.5 Å². The van der Waals surface area contributed by atoms with E-state index in [9.17, 15) is 4.79 Å². The smallest absolute Gasteiger partial charge is 0.246 e. The predicted octanol–water partition coefficient (Wildman–Crippen LogP) is 4.37. The summed E-state index contributed by atoms with van der Waals surface area (Å²) in [6.45, 7) is 1.28. The second-order valence-electron chi connectivity index (χ2n) is 6.09. The van der Waals surface area contributed by atoms with Gasteiger partial charge >= 0.3 is 0 Å². The minimum absolute atomic E-state index is 0.0154. The first kappa shape index (κ1) is 17.6. The van der Waals surface area contributed by atoms with E-state index >= 15 is 0 Å². The van der Waals surface area contributed by atoms with E-state index in [1.165, 1.54) is 5.56 Å². The first-order valence-electron chi connectivity index (χ1n) is 8.76. The molecular formula is C23H22N2O. The quantitative estimate of drug-likeness (QED) is 0.598. The first-order chi connectivity index (χ1) is 12.8. The highest BCUT2D eigenvalue weighted by Crippen LogP contribution is 2.09. The third-order valence-corrected chi connectivity index (χ3v) is 4.17. The van der Waals surface area contributed by atoms with Gasteiger partial charge in [-0.25, -0.2) is 0 Å². The number of pyridine rings is 1. The maximum absolute atomic E-state index is 12.8. The van der Waals surface area contributed by atoms with Crippen LogP contribution in [0.1, 0.15) is 16.7 Å². The molecule has 3 aromatic rings. The summed E-state index contributed by atoms with van der Waals surface area (Å²) in [5.74, 6) is 0.0154. The van der Waals surface area contributed by atoms with Crippen LogP contribution in [0.2, 0.25) is 0 Å². The summed E-state index contributed by atoms with van der Waals surface area (Å²) in [4.78, 5) is 18.7. The number of carbonyl (C=O) groups excluding carboxylic acids is 1. The van der Waals surface area contributed by atoms with Gasteiger partial charge in [0.1, 0.15) is 0 Å². The van der Waals surface area contributed by atoms with Crippen molar-refractivity contribution >= 4 is 12.0 Å². The molecule has 0 radical (unpaired) electrons. The molecule has 1 aromatic heterocycles. The predicted molar refractivity (Wildman–Crippen MR) is 105 cm³/mol. The molecule has 0 spiro atoms.